The molecule has 17 heavy (non-hydrogen) atoms. The van der Waals surface area contributed by atoms with E-state index in [0.717, 1.165) is 6.54 Å². The minimum atomic E-state index is 0.178. The van der Waals surface area contributed by atoms with Gasteiger partial charge >= 0.3 is 0 Å². The van der Waals surface area contributed by atoms with Crippen LogP contribution in [0.25, 0.3) is 0 Å². The lowest BCUT2D eigenvalue weighted by Gasteiger charge is -2.46. The minimum absolute atomic E-state index is 0.178. The first-order valence-corrected chi connectivity index (χ1v) is 7.22. The molecule has 1 atom stereocenters. The summed E-state index contributed by atoms with van der Waals surface area (Å²) >= 11 is 0. The minimum Gasteiger partial charge on any atom is -0.329 e. The lowest BCUT2D eigenvalue weighted by molar-refractivity contribution is 0.0445. The molecule has 1 unspecified atom stereocenters. The van der Waals surface area contributed by atoms with Gasteiger partial charge in [0.25, 0.3) is 0 Å². The fourth-order valence-electron chi connectivity index (χ4n) is 2.94. The second-order valence-electron chi connectivity index (χ2n) is 6.49. The summed E-state index contributed by atoms with van der Waals surface area (Å²) in [4.78, 5) is 2.53. The van der Waals surface area contributed by atoms with Gasteiger partial charge < -0.3 is 5.73 Å². The molecule has 0 aromatic rings. The van der Waals surface area contributed by atoms with Crippen LogP contribution in [-0.4, -0.2) is 30.1 Å². The van der Waals surface area contributed by atoms with Crippen molar-refractivity contribution in [2.45, 2.75) is 72.4 Å². The summed E-state index contributed by atoms with van der Waals surface area (Å²) in [5.74, 6) is 1.40. The molecule has 0 saturated carbocycles. The van der Waals surface area contributed by atoms with Crippen LogP contribution in [0.5, 0.6) is 0 Å². The van der Waals surface area contributed by atoms with Crippen molar-refractivity contribution in [1.29, 1.82) is 0 Å². The van der Waals surface area contributed by atoms with Crippen LogP contribution in [0.15, 0.2) is 0 Å². The second-order valence-corrected chi connectivity index (χ2v) is 6.49. The number of hydrogen-bond acceptors (Lipinski definition) is 2. The van der Waals surface area contributed by atoms with Gasteiger partial charge in [0.05, 0.1) is 0 Å². The average molecular weight is 242 g/mol. The molecular weight excluding hydrogens is 208 g/mol. The normalized spacial score (nSPS) is 15.0. The molecule has 0 spiro atoms. The second kappa shape index (κ2) is 7.38. The van der Waals surface area contributed by atoms with Crippen LogP contribution in [0.3, 0.4) is 0 Å². The predicted molar refractivity (Wildman–Crippen MR) is 78.2 cm³/mol. The zero-order chi connectivity index (χ0) is 13.6. The zero-order valence-electron chi connectivity index (χ0n) is 13.1. The number of likely N-dealkylation sites (N-methyl/N-ethyl adjacent to an activating group) is 1. The smallest absolute Gasteiger partial charge is 0.0336 e. The molecule has 2 nitrogen and oxygen atoms in total. The third-order valence-electron chi connectivity index (χ3n) is 3.96. The van der Waals surface area contributed by atoms with Crippen LogP contribution in [0, 0.1) is 11.8 Å². The fourth-order valence-corrected chi connectivity index (χ4v) is 2.94. The van der Waals surface area contributed by atoms with Crippen LogP contribution < -0.4 is 5.73 Å². The Morgan fingerprint density at radius 2 is 1.41 bits per heavy atom. The molecule has 0 heterocycles. The van der Waals surface area contributed by atoms with Crippen molar-refractivity contribution in [3.63, 3.8) is 0 Å². The molecule has 2 heteroatoms. The third kappa shape index (κ3) is 4.97. The average Bonchev–Trinajstić information content (AvgIpc) is 2.24. The lowest BCUT2D eigenvalue weighted by atomic mass is 9.79. The number of nitrogens with two attached hydrogens (primary N) is 1. The summed E-state index contributed by atoms with van der Waals surface area (Å²) < 4.78 is 0. The van der Waals surface area contributed by atoms with E-state index in [4.69, 9.17) is 5.73 Å². The highest BCUT2D eigenvalue weighted by Crippen LogP contribution is 2.31. The molecule has 104 valence electrons. The van der Waals surface area contributed by atoms with Crippen LogP contribution in [0.2, 0.25) is 0 Å². The Balaban J connectivity index is 5.01. The van der Waals surface area contributed by atoms with Crippen molar-refractivity contribution in [3.05, 3.63) is 0 Å². The first-order chi connectivity index (χ1) is 7.79. The monoisotopic (exact) mass is 242 g/mol. The van der Waals surface area contributed by atoms with Gasteiger partial charge in [-0.1, -0.05) is 34.6 Å². The van der Waals surface area contributed by atoms with E-state index in [0.29, 0.717) is 17.9 Å². The van der Waals surface area contributed by atoms with Crippen molar-refractivity contribution < 1.29 is 0 Å². The molecule has 2 N–H and O–H groups in total. The molecule has 0 amide bonds. The summed E-state index contributed by atoms with van der Waals surface area (Å²) in [5.41, 5.74) is 6.33. The topological polar surface area (TPSA) is 29.3 Å². The van der Waals surface area contributed by atoms with E-state index in [9.17, 15) is 0 Å². The summed E-state index contributed by atoms with van der Waals surface area (Å²) in [7, 11) is 2.26. The number of hydrogen-bond donors (Lipinski definition) is 1. The molecular formula is C15H34N2. The zero-order valence-corrected chi connectivity index (χ0v) is 13.1. The van der Waals surface area contributed by atoms with Gasteiger partial charge in [-0.2, -0.15) is 0 Å². The van der Waals surface area contributed by atoms with Crippen LogP contribution in [0.4, 0.5) is 0 Å². The van der Waals surface area contributed by atoms with Gasteiger partial charge in [-0.05, 0) is 45.1 Å². The van der Waals surface area contributed by atoms with Gasteiger partial charge in [0.1, 0.15) is 0 Å². The molecule has 0 bridgehead atoms. The van der Waals surface area contributed by atoms with Crippen molar-refractivity contribution >= 4 is 0 Å². The van der Waals surface area contributed by atoms with Crippen LogP contribution >= 0.6 is 0 Å². The Labute approximate surface area is 109 Å². The third-order valence-corrected chi connectivity index (χ3v) is 3.96. The van der Waals surface area contributed by atoms with E-state index >= 15 is 0 Å². The van der Waals surface area contributed by atoms with Gasteiger partial charge in [-0.15, -0.1) is 0 Å². The van der Waals surface area contributed by atoms with Gasteiger partial charge in [-0.3, -0.25) is 4.90 Å². The maximum Gasteiger partial charge on any atom is 0.0336 e. The Bertz CT molecular complexity index is 189. The quantitative estimate of drug-likeness (QED) is 0.706. The van der Waals surface area contributed by atoms with Gasteiger partial charge in [-0.25, -0.2) is 0 Å². The maximum absolute atomic E-state index is 6.16. The van der Waals surface area contributed by atoms with Crippen molar-refractivity contribution in [3.8, 4) is 0 Å². The van der Waals surface area contributed by atoms with Gasteiger partial charge in [0.15, 0.2) is 0 Å². The molecule has 0 radical (unpaired) electrons. The van der Waals surface area contributed by atoms with Gasteiger partial charge in [0.2, 0.25) is 0 Å². The molecule has 0 aromatic carbocycles. The SMILES string of the molecule is CCC(C)N(C)C(CN)(CC(C)C)CC(C)C. The molecule has 0 aliphatic heterocycles. The summed E-state index contributed by atoms with van der Waals surface area (Å²) in [6.07, 6.45) is 3.58. The maximum atomic E-state index is 6.16. The Morgan fingerprint density at radius 1 is 1.00 bits per heavy atom. The Kier molecular flexibility index (Phi) is 7.34. The molecule has 0 aromatic heterocycles. The number of nitrogens with zero attached hydrogens (tertiary/aromatic N) is 1. The molecule has 0 aliphatic rings. The van der Waals surface area contributed by atoms with E-state index < -0.39 is 0 Å². The molecule has 0 rings (SSSR count). The highest BCUT2D eigenvalue weighted by Gasteiger charge is 2.36. The van der Waals surface area contributed by atoms with E-state index in [-0.39, 0.29) is 5.54 Å². The highest BCUT2D eigenvalue weighted by atomic mass is 15.2. The lowest BCUT2D eigenvalue weighted by Crippen LogP contribution is -2.56. The summed E-state index contributed by atoms with van der Waals surface area (Å²) in [6.45, 7) is 14.5. The Morgan fingerprint density at radius 3 is 1.65 bits per heavy atom. The largest absolute Gasteiger partial charge is 0.329 e. The highest BCUT2D eigenvalue weighted by molar-refractivity contribution is 4.93. The first kappa shape index (κ1) is 16.9. The van der Waals surface area contributed by atoms with E-state index in [1.807, 2.05) is 0 Å². The fraction of sp³-hybridized carbons (Fsp3) is 1.00. The number of rotatable bonds is 8. The first-order valence-electron chi connectivity index (χ1n) is 7.22. The van der Waals surface area contributed by atoms with Crippen LogP contribution in [-0.2, 0) is 0 Å². The van der Waals surface area contributed by atoms with Crippen molar-refractivity contribution in [2.75, 3.05) is 13.6 Å². The van der Waals surface area contributed by atoms with E-state index in [1.54, 1.807) is 0 Å². The van der Waals surface area contributed by atoms with Gasteiger partial charge in [0, 0.05) is 18.1 Å². The van der Waals surface area contributed by atoms with Crippen molar-refractivity contribution in [2.24, 2.45) is 17.6 Å². The standard InChI is InChI=1S/C15H34N2/c1-8-14(6)17(7)15(11-16,9-12(2)3)10-13(4)5/h12-14H,8-11,16H2,1-7H3. The van der Waals surface area contributed by atoms with Crippen molar-refractivity contribution in [1.82, 2.24) is 4.90 Å². The Hall–Kier alpha value is -0.0800. The van der Waals surface area contributed by atoms with Crippen LogP contribution in [0.1, 0.15) is 60.8 Å². The molecule has 0 aliphatic carbocycles. The molecule has 0 fully saturated rings. The van der Waals surface area contributed by atoms with E-state index in [2.05, 4.69) is 53.5 Å². The summed E-state index contributed by atoms with van der Waals surface area (Å²) in [6, 6.07) is 0.607. The van der Waals surface area contributed by atoms with E-state index in [1.165, 1.54) is 19.3 Å². The predicted octanol–water partition coefficient (Wildman–Crippen LogP) is 3.51. The molecule has 0 saturated heterocycles. The summed E-state index contributed by atoms with van der Waals surface area (Å²) in [5, 5.41) is 0.